The van der Waals surface area contributed by atoms with Gasteiger partial charge in [0.25, 0.3) is 0 Å². The van der Waals surface area contributed by atoms with Crippen molar-refractivity contribution >= 4 is 80.9 Å². The van der Waals surface area contributed by atoms with Crippen molar-refractivity contribution in [3.8, 4) is 0 Å². The van der Waals surface area contributed by atoms with Crippen molar-refractivity contribution in [3.05, 3.63) is 19.0 Å². The van der Waals surface area contributed by atoms with Gasteiger partial charge in [-0.15, -0.1) is 22.7 Å². The molecule has 3 aromatic rings. The second-order valence-electron chi connectivity index (χ2n) is 4.13. The molecule has 0 aliphatic carbocycles. The van der Waals surface area contributed by atoms with E-state index < -0.39 is 12.3 Å². The Bertz CT molecular complexity index is 835. The van der Waals surface area contributed by atoms with Gasteiger partial charge in [0.05, 0.1) is 36.5 Å². The molecule has 1 N–H and O–H groups in total. The van der Waals surface area contributed by atoms with E-state index in [9.17, 15) is 9.90 Å². The van der Waals surface area contributed by atoms with E-state index in [1.165, 1.54) is 36.9 Å². The van der Waals surface area contributed by atoms with E-state index in [-0.39, 0.29) is 5.01 Å². The van der Waals surface area contributed by atoms with E-state index in [1.54, 1.807) is 0 Å². The number of esters is 1. The predicted molar refractivity (Wildman–Crippen MR) is 91.5 cm³/mol. The number of hydrogen-bond acceptors (Lipinski definition) is 8. The molecule has 0 radical (unpaired) electrons. The first-order valence-corrected chi connectivity index (χ1v) is 9.07. The molecule has 0 saturated heterocycles. The highest BCUT2D eigenvalue weighted by Crippen LogP contribution is 2.44. The zero-order chi connectivity index (χ0) is 16.0. The normalized spacial score (nSPS) is 13.0. The fourth-order valence-electron chi connectivity index (χ4n) is 1.85. The van der Waals surface area contributed by atoms with Crippen LogP contribution in [-0.4, -0.2) is 35.3 Å². The third kappa shape index (κ3) is 2.47. The molecule has 0 bridgehead atoms. The molecule has 22 heavy (non-hydrogen) atoms. The third-order valence-electron chi connectivity index (χ3n) is 2.88. The van der Waals surface area contributed by atoms with Crippen LogP contribution in [0.3, 0.4) is 0 Å². The van der Waals surface area contributed by atoms with Crippen LogP contribution in [0.25, 0.3) is 20.4 Å². The minimum absolute atomic E-state index is 0.272. The van der Waals surface area contributed by atoms with Gasteiger partial charge in [0, 0.05) is 7.11 Å². The minimum Gasteiger partial charge on any atom is -0.464 e. The molecule has 1 atom stereocenters. The zero-order valence-corrected chi connectivity index (χ0v) is 16.0. The number of aliphatic hydroxyl groups excluding tert-OH is 1. The molecule has 0 aliphatic heterocycles. The molecule has 1 aromatic carbocycles. The fraction of sp³-hybridized carbons (Fsp3) is 0.250. The Morgan fingerprint density at radius 1 is 1.14 bits per heavy atom. The average Bonchev–Trinajstić information content (AvgIpc) is 3.16. The molecule has 0 amide bonds. The Balaban J connectivity index is 2.30. The van der Waals surface area contributed by atoms with Crippen LogP contribution >= 0.6 is 54.5 Å². The summed E-state index contributed by atoms with van der Waals surface area (Å²) in [6.45, 7) is 0. The number of nitrogens with zero attached hydrogens (tertiary/aromatic N) is 2. The number of fused-ring (bicyclic) bond motifs is 2. The van der Waals surface area contributed by atoms with Gasteiger partial charge in [0.1, 0.15) is 0 Å². The van der Waals surface area contributed by atoms with Crippen molar-refractivity contribution in [1.29, 1.82) is 0 Å². The Labute approximate surface area is 149 Å². The molecule has 0 spiro atoms. The van der Waals surface area contributed by atoms with Crippen LogP contribution in [-0.2, 0) is 9.47 Å². The molecule has 6 nitrogen and oxygen atoms in total. The lowest BCUT2D eigenvalue weighted by Crippen LogP contribution is -1.99. The zero-order valence-electron chi connectivity index (χ0n) is 11.2. The van der Waals surface area contributed by atoms with Crippen molar-refractivity contribution in [1.82, 2.24) is 9.97 Å². The van der Waals surface area contributed by atoms with Gasteiger partial charge in [-0.2, -0.15) is 0 Å². The largest absolute Gasteiger partial charge is 0.464 e. The minimum atomic E-state index is -1.08. The van der Waals surface area contributed by atoms with Crippen molar-refractivity contribution in [2.75, 3.05) is 14.2 Å². The Morgan fingerprint density at radius 3 is 2.32 bits per heavy atom. The summed E-state index contributed by atoms with van der Waals surface area (Å²) in [6, 6.07) is 0. The van der Waals surface area contributed by atoms with Crippen LogP contribution in [0.1, 0.15) is 21.1 Å². The van der Waals surface area contributed by atoms with Crippen LogP contribution in [0.5, 0.6) is 0 Å². The molecule has 116 valence electrons. The van der Waals surface area contributed by atoms with Gasteiger partial charge in [0.15, 0.2) is 5.01 Å². The van der Waals surface area contributed by atoms with Gasteiger partial charge in [0.2, 0.25) is 11.3 Å². The lowest BCUT2D eigenvalue weighted by atomic mass is 10.3. The molecule has 10 heteroatoms. The SMILES string of the molecule is COC(=O)c1nc2c(Br)c3sc(C(O)OC)nc3c(Br)c2s1. The number of aliphatic hydroxyl groups is 1. The van der Waals surface area contributed by atoms with E-state index in [0.29, 0.717) is 16.0 Å². The summed E-state index contributed by atoms with van der Waals surface area (Å²) in [5.41, 5.74) is 1.32. The number of aromatic nitrogens is 2. The number of thiazole rings is 2. The summed E-state index contributed by atoms with van der Waals surface area (Å²) in [5, 5.41) is 10.5. The molecular weight excluding hydrogens is 460 g/mol. The second kappa shape index (κ2) is 6.10. The number of rotatable bonds is 3. The topological polar surface area (TPSA) is 81.5 Å². The standard InChI is InChI=1S/C12H8Br2N2O4S2/c1-19-11(17)9-15-5-3(13)8-6(4(14)7(5)21-9)16-10(22-8)12(18)20-2/h11,17H,1-2H3. The van der Waals surface area contributed by atoms with Gasteiger partial charge in [-0.1, -0.05) is 0 Å². The number of carbonyl (C=O) groups is 1. The van der Waals surface area contributed by atoms with E-state index >= 15 is 0 Å². The number of benzene rings is 1. The average molecular weight is 468 g/mol. The molecule has 2 heterocycles. The van der Waals surface area contributed by atoms with Gasteiger partial charge >= 0.3 is 5.97 Å². The van der Waals surface area contributed by atoms with Gasteiger partial charge in [-0.3, -0.25) is 0 Å². The summed E-state index contributed by atoms with van der Waals surface area (Å²) < 4.78 is 12.6. The smallest absolute Gasteiger partial charge is 0.367 e. The highest BCUT2D eigenvalue weighted by Gasteiger charge is 2.23. The molecule has 0 saturated carbocycles. The number of carbonyl (C=O) groups excluding carboxylic acids is 1. The van der Waals surface area contributed by atoms with Crippen molar-refractivity contribution < 1.29 is 19.4 Å². The Morgan fingerprint density at radius 2 is 1.73 bits per heavy atom. The lowest BCUT2D eigenvalue weighted by molar-refractivity contribution is -0.0768. The predicted octanol–water partition coefficient (Wildman–Crippen LogP) is 3.85. The fourth-order valence-corrected chi connectivity index (χ4v) is 5.45. The van der Waals surface area contributed by atoms with E-state index in [2.05, 4.69) is 41.8 Å². The molecule has 3 rings (SSSR count). The number of hydrogen-bond donors (Lipinski definition) is 1. The highest BCUT2D eigenvalue weighted by atomic mass is 79.9. The van der Waals surface area contributed by atoms with Crippen LogP contribution in [0.4, 0.5) is 0 Å². The monoisotopic (exact) mass is 466 g/mol. The van der Waals surface area contributed by atoms with Crippen molar-refractivity contribution in [3.63, 3.8) is 0 Å². The first-order chi connectivity index (χ1) is 10.5. The maximum absolute atomic E-state index is 11.7. The van der Waals surface area contributed by atoms with E-state index in [1.807, 2.05) is 0 Å². The van der Waals surface area contributed by atoms with Gasteiger partial charge < -0.3 is 14.6 Å². The van der Waals surface area contributed by atoms with Crippen molar-refractivity contribution in [2.45, 2.75) is 6.29 Å². The van der Waals surface area contributed by atoms with Crippen LogP contribution in [0.2, 0.25) is 0 Å². The summed E-state index contributed by atoms with van der Waals surface area (Å²) in [5.74, 6) is -0.480. The Kier molecular flexibility index (Phi) is 4.49. The summed E-state index contributed by atoms with van der Waals surface area (Å²) in [4.78, 5) is 20.4. The first kappa shape index (κ1) is 16.2. The summed E-state index contributed by atoms with van der Waals surface area (Å²) in [6.07, 6.45) is -1.08. The van der Waals surface area contributed by atoms with Gasteiger partial charge in [-0.05, 0) is 31.9 Å². The van der Waals surface area contributed by atoms with Gasteiger partial charge in [-0.25, -0.2) is 14.8 Å². The van der Waals surface area contributed by atoms with Crippen molar-refractivity contribution in [2.24, 2.45) is 0 Å². The van der Waals surface area contributed by atoms with Crippen LogP contribution in [0, 0.1) is 0 Å². The van der Waals surface area contributed by atoms with Crippen LogP contribution in [0.15, 0.2) is 8.95 Å². The quantitative estimate of drug-likeness (QED) is 0.465. The highest BCUT2D eigenvalue weighted by molar-refractivity contribution is 9.11. The molecular formula is C12H8Br2N2O4S2. The number of halogens is 2. The van der Waals surface area contributed by atoms with E-state index in [0.717, 1.165) is 18.3 Å². The number of methoxy groups -OCH3 is 2. The Hall–Kier alpha value is -0.650. The maximum Gasteiger partial charge on any atom is 0.367 e. The third-order valence-corrected chi connectivity index (χ3v) is 7.11. The van der Waals surface area contributed by atoms with Crippen LogP contribution < -0.4 is 0 Å². The van der Waals surface area contributed by atoms with E-state index in [4.69, 9.17) is 9.47 Å². The maximum atomic E-state index is 11.7. The summed E-state index contributed by atoms with van der Waals surface area (Å²) in [7, 11) is 2.72. The molecule has 1 unspecified atom stereocenters. The summed E-state index contributed by atoms with van der Waals surface area (Å²) >= 11 is 9.52. The molecule has 0 fully saturated rings. The lowest BCUT2D eigenvalue weighted by Gasteiger charge is -2.01. The second-order valence-corrected chi connectivity index (χ2v) is 7.75. The molecule has 0 aliphatic rings. The molecule has 2 aromatic heterocycles. The first-order valence-electron chi connectivity index (χ1n) is 5.85. The number of ether oxygens (including phenoxy) is 2.